The number of hydrogen-bond donors (Lipinski definition) is 0. The SMILES string of the molecule is c1ccc(-c2ccc(-c3ccc(N(c4ccc(-c5ccc6c(ccc7ccccc76)c5)cc4)c4ccc(-c5ccc6oc7ccccc7c6c5)cc4)cc3)cc2)cc1.c1ccc(-c2ccc(-c3ccc(N(c4ccc(-c5ccc6c(ccc7ccccc76)c5)cc4)c4ccc(-c5ccc6sc7ccccc7c6c5)cc4)cc3)cc2)cc1. The van der Waals surface area contributed by atoms with Crippen LogP contribution in [0.2, 0.25) is 0 Å². The highest BCUT2D eigenvalue weighted by atomic mass is 32.1. The van der Waals surface area contributed by atoms with Crippen LogP contribution >= 0.6 is 11.3 Å². The summed E-state index contributed by atoms with van der Waals surface area (Å²) >= 11 is 1.86. The van der Waals surface area contributed by atoms with E-state index >= 15 is 0 Å². The third-order valence-corrected chi connectivity index (χ3v) is 24.1. The fourth-order valence-electron chi connectivity index (χ4n) is 16.9. The molecule has 22 aromatic rings. The lowest BCUT2D eigenvalue weighted by Gasteiger charge is -2.26. The van der Waals surface area contributed by atoms with Gasteiger partial charge in [-0.3, -0.25) is 0 Å². The van der Waals surface area contributed by atoms with Crippen LogP contribution in [0.5, 0.6) is 0 Å². The topological polar surface area (TPSA) is 19.6 Å². The predicted octanol–water partition coefficient (Wildman–Crippen LogP) is 32.5. The van der Waals surface area contributed by atoms with Crippen molar-refractivity contribution in [2.24, 2.45) is 0 Å². The van der Waals surface area contributed by atoms with Gasteiger partial charge in [0.25, 0.3) is 0 Å². The van der Waals surface area contributed by atoms with E-state index in [2.05, 4.69) is 447 Å². The van der Waals surface area contributed by atoms with Gasteiger partial charge in [-0.25, -0.2) is 0 Å². The highest BCUT2D eigenvalue weighted by Gasteiger charge is 2.19. The molecule has 0 amide bonds. The van der Waals surface area contributed by atoms with Crippen LogP contribution in [0.1, 0.15) is 0 Å². The largest absolute Gasteiger partial charge is 0.456 e. The lowest BCUT2D eigenvalue weighted by atomic mass is 9.97. The molecule has 22 rings (SSSR count). The zero-order chi connectivity index (χ0) is 76.8. The Hall–Kier alpha value is -14.9. The van der Waals surface area contributed by atoms with Gasteiger partial charge in [0.2, 0.25) is 0 Å². The minimum Gasteiger partial charge on any atom is -0.456 e. The van der Waals surface area contributed by atoms with Crippen molar-refractivity contribution in [3.05, 3.63) is 449 Å². The molecule has 0 fully saturated rings. The lowest BCUT2D eigenvalue weighted by molar-refractivity contribution is 0.669. The van der Waals surface area contributed by atoms with Crippen molar-refractivity contribution in [1.29, 1.82) is 0 Å². The summed E-state index contributed by atoms with van der Waals surface area (Å²) in [6.45, 7) is 0. The number of rotatable bonds is 14. The van der Waals surface area contributed by atoms with E-state index in [0.717, 1.165) is 67.2 Å². The molecule has 4 heteroatoms. The van der Waals surface area contributed by atoms with E-state index in [-0.39, 0.29) is 0 Å². The average molecular weight is 1500 g/mol. The number of benzene rings is 20. The maximum atomic E-state index is 6.12. The summed E-state index contributed by atoms with van der Waals surface area (Å²) < 4.78 is 8.77. The first-order valence-electron chi connectivity index (χ1n) is 39.6. The first kappa shape index (κ1) is 69.0. The Morgan fingerprint density at radius 2 is 0.405 bits per heavy atom. The molecule has 0 bridgehead atoms. The lowest BCUT2D eigenvalue weighted by Crippen LogP contribution is -2.09. The smallest absolute Gasteiger partial charge is 0.135 e. The van der Waals surface area contributed by atoms with Crippen LogP contribution in [0.4, 0.5) is 34.1 Å². The highest BCUT2D eigenvalue weighted by molar-refractivity contribution is 7.25. The number of nitrogens with zero attached hydrogens (tertiary/aromatic N) is 2. The van der Waals surface area contributed by atoms with Gasteiger partial charge >= 0.3 is 0 Å². The fourth-order valence-corrected chi connectivity index (χ4v) is 18.0. The monoisotopic (exact) mass is 1490 g/mol. The first-order chi connectivity index (χ1) is 57.4. The molecule has 0 unspecified atom stereocenters. The van der Waals surface area contributed by atoms with Gasteiger partial charge < -0.3 is 14.2 Å². The summed E-state index contributed by atoms with van der Waals surface area (Å²) in [5.41, 5.74) is 27.6. The number of para-hydroxylation sites is 1. The van der Waals surface area contributed by atoms with Gasteiger partial charge in [-0.1, -0.05) is 328 Å². The normalized spacial score (nSPS) is 11.4. The third kappa shape index (κ3) is 13.4. The van der Waals surface area contributed by atoms with Crippen LogP contribution in [0.25, 0.3) is 174 Å². The molecule has 0 saturated heterocycles. The van der Waals surface area contributed by atoms with Gasteiger partial charge in [0.1, 0.15) is 11.2 Å². The van der Waals surface area contributed by atoms with Crippen molar-refractivity contribution >= 4 is 131 Å². The Bertz CT molecular complexity index is 6920. The van der Waals surface area contributed by atoms with Gasteiger partial charge in [0.15, 0.2) is 0 Å². The molecule has 0 aliphatic heterocycles. The maximum absolute atomic E-state index is 6.12. The zero-order valence-electron chi connectivity index (χ0n) is 63.4. The van der Waals surface area contributed by atoms with Crippen LogP contribution in [0, 0.1) is 0 Å². The molecule has 116 heavy (non-hydrogen) atoms. The molecule has 0 aliphatic carbocycles. The molecule has 20 aromatic carbocycles. The summed E-state index contributed by atoms with van der Waals surface area (Å²) in [4.78, 5) is 4.70. The van der Waals surface area contributed by atoms with E-state index < -0.39 is 0 Å². The number of thiophene rings is 1. The summed E-state index contributed by atoms with van der Waals surface area (Å²) in [6, 6.07) is 163. The van der Waals surface area contributed by atoms with Crippen molar-refractivity contribution < 1.29 is 4.42 Å². The summed E-state index contributed by atoms with van der Waals surface area (Å²) in [5.74, 6) is 0. The van der Waals surface area contributed by atoms with Crippen LogP contribution in [0.3, 0.4) is 0 Å². The molecule has 0 spiro atoms. The van der Waals surface area contributed by atoms with Crippen molar-refractivity contribution in [2.45, 2.75) is 0 Å². The van der Waals surface area contributed by atoms with Gasteiger partial charge in [-0.05, 0) is 253 Å². The summed E-state index contributed by atoms with van der Waals surface area (Å²) in [5, 5.41) is 15.1. The van der Waals surface area contributed by atoms with Gasteiger partial charge in [0.05, 0.1) is 0 Å². The molecular weight excluding hydrogens is 1420 g/mol. The molecule has 0 saturated carbocycles. The second-order valence-corrected chi connectivity index (χ2v) is 31.0. The standard InChI is InChI=1S/C56H37NO.C56H37NS/c2*1-2-8-38(9-3-1)39-14-16-40(17-15-39)41-20-28-48(29-21-41)57(50-32-24-43(25-33-50)46-27-35-56-54(37-46)53-12-6-7-13-55(53)58-56)49-30-22-42(23-31-49)45-26-34-52-47(36-45)19-18-44-10-4-5-11-51(44)52/h2*1-37H. The summed E-state index contributed by atoms with van der Waals surface area (Å²) in [6.07, 6.45) is 0. The van der Waals surface area contributed by atoms with Crippen LogP contribution in [-0.4, -0.2) is 0 Å². The van der Waals surface area contributed by atoms with E-state index in [4.69, 9.17) is 4.42 Å². The molecule has 0 atom stereocenters. The molecule has 0 aliphatic rings. The van der Waals surface area contributed by atoms with Crippen molar-refractivity contribution in [1.82, 2.24) is 0 Å². The average Bonchev–Trinajstić information content (AvgIpc) is 1.74. The Morgan fingerprint density at radius 1 is 0.147 bits per heavy atom. The Labute approximate surface area is 678 Å². The molecule has 0 radical (unpaired) electrons. The van der Waals surface area contributed by atoms with Crippen LogP contribution < -0.4 is 9.80 Å². The van der Waals surface area contributed by atoms with Crippen molar-refractivity contribution in [3.63, 3.8) is 0 Å². The second-order valence-electron chi connectivity index (χ2n) is 29.9. The van der Waals surface area contributed by atoms with E-state index in [1.165, 1.54) is 141 Å². The number of anilines is 6. The van der Waals surface area contributed by atoms with Gasteiger partial charge in [-0.15, -0.1) is 11.3 Å². The van der Waals surface area contributed by atoms with Crippen molar-refractivity contribution in [2.75, 3.05) is 9.80 Å². The minimum absolute atomic E-state index is 0.906. The predicted molar refractivity (Wildman–Crippen MR) is 496 cm³/mol. The molecular formula is C112H74N2OS. The first-order valence-corrected chi connectivity index (χ1v) is 40.4. The number of furan rings is 1. The molecule has 2 aromatic heterocycles. The van der Waals surface area contributed by atoms with Gasteiger partial charge in [0, 0.05) is 65.1 Å². The van der Waals surface area contributed by atoms with E-state index in [9.17, 15) is 0 Å². The quantitative estimate of drug-likeness (QED) is 0.101. The van der Waals surface area contributed by atoms with Gasteiger partial charge in [-0.2, -0.15) is 0 Å². The van der Waals surface area contributed by atoms with E-state index in [1.54, 1.807) is 0 Å². The summed E-state index contributed by atoms with van der Waals surface area (Å²) in [7, 11) is 0. The fraction of sp³-hybridized carbons (Fsp3) is 0. The minimum atomic E-state index is 0.906. The van der Waals surface area contributed by atoms with Crippen molar-refractivity contribution in [3.8, 4) is 89.0 Å². The molecule has 3 nitrogen and oxygen atoms in total. The second kappa shape index (κ2) is 30.0. The number of fused-ring (bicyclic) bond motifs is 12. The van der Waals surface area contributed by atoms with Crippen LogP contribution in [0.15, 0.2) is 453 Å². The highest BCUT2D eigenvalue weighted by Crippen LogP contribution is 2.44. The molecule has 544 valence electrons. The Morgan fingerprint density at radius 3 is 0.819 bits per heavy atom. The Kier molecular flexibility index (Phi) is 17.8. The van der Waals surface area contributed by atoms with E-state index in [0.29, 0.717) is 0 Å². The van der Waals surface area contributed by atoms with E-state index in [1.807, 2.05) is 23.5 Å². The van der Waals surface area contributed by atoms with Crippen LogP contribution in [-0.2, 0) is 0 Å². The molecule has 0 N–H and O–H groups in total. The third-order valence-electron chi connectivity index (χ3n) is 23.0. The number of hydrogen-bond acceptors (Lipinski definition) is 4. The Balaban J connectivity index is 0.000000145. The zero-order valence-corrected chi connectivity index (χ0v) is 64.3. The molecule has 2 heterocycles. The maximum Gasteiger partial charge on any atom is 0.135 e.